The molecule has 7 heteroatoms. The van der Waals surface area contributed by atoms with Crippen LogP contribution in [0, 0.1) is 6.92 Å². The minimum atomic E-state index is -1.00. The lowest BCUT2D eigenvalue weighted by molar-refractivity contribution is 0.0394. The maximum Gasteiger partial charge on any atom is 0.337 e. The molecular formula is C23H23N3O4. The Morgan fingerprint density at radius 1 is 1.17 bits per heavy atom. The molecule has 1 fully saturated rings. The topological polar surface area (TPSA) is 84.8 Å². The molecule has 3 aromatic rings. The predicted octanol–water partition coefficient (Wildman–Crippen LogP) is 3.64. The van der Waals surface area contributed by atoms with Gasteiger partial charge in [0.05, 0.1) is 30.3 Å². The molecule has 0 spiro atoms. The number of ether oxygens (including phenoxy) is 2. The van der Waals surface area contributed by atoms with Gasteiger partial charge in [0, 0.05) is 37.1 Å². The Morgan fingerprint density at radius 3 is 2.77 bits per heavy atom. The van der Waals surface area contributed by atoms with Gasteiger partial charge >= 0.3 is 5.97 Å². The first-order valence-corrected chi connectivity index (χ1v) is 9.77. The number of anilines is 1. The van der Waals surface area contributed by atoms with Crippen LogP contribution < -0.4 is 9.64 Å². The highest BCUT2D eigenvalue weighted by Gasteiger charge is 2.24. The fourth-order valence-electron chi connectivity index (χ4n) is 3.35. The normalized spacial score (nSPS) is 16.3. The third-order valence-corrected chi connectivity index (χ3v) is 5.03. The van der Waals surface area contributed by atoms with Gasteiger partial charge in [-0.05, 0) is 18.6 Å². The van der Waals surface area contributed by atoms with Crippen molar-refractivity contribution >= 4 is 11.7 Å². The molecule has 1 aliphatic rings. The monoisotopic (exact) mass is 405 g/mol. The lowest BCUT2D eigenvalue weighted by Gasteiger charge is -2.34. The lowest BCUT2D eigenvalue weighted by atomic mass is 10.1. The van der Waals surface area contributed by atoms with Gasteiger partial charge in [-0.15, -0.1) is 0 Å². The molecule has 1 aliphatic heterocycles. The van der Waals surface area contributed by atoms with Crippen LogP contribution in [-0.2, 0) is 11.3 Å². The Labute approximate surface area is 174 Å². The van der Waals surface area contributed by atoms with Crippen molar-refractivity contribution < 1.29 is 19.4 Å². The van der Waals surface area contributed by atoms with Crippen molar-refractivity contribution in [3.8, 4) is 5.75 Å². The smallest absolute Gasteiger partial charge is 0.337 e. The zero-order chi connectivity index (χ0) is 20.9. The molecule has 0 bridgehead atoms. The molecule has 0 radical (unpaired) electrons. The standard InChI is InChI=1S/C23H23N3O4/c1-16-2-4-17(5-3-16)15-30-21-9-20(12-25-13-21)26-6-7-29-22(14-26)18-8-19(23(27)28)11-24-10-18/h2-5,8-13,22H,6-7,14-15H2,1H3,(H,27,28). The third-order valence-electron chi connectivity index (χ3n) is 5.03. The van der Waals surface area contributed by atoms with E-state index < -0.39 is 5.97 Å². The number of hydrogen-bond acceptors (Lipinski definition) is 6. The molecule has 1 aromatic carbocycles. The number of carbonyl (C=O) groups is 1. The summed E-state index contributed by atoms with van der Waals surface area (Å²) in [6.45, 7) is 4.35. The Hall–Kier alpha value is -3.45. The predicted molar refractivity (Wildman–Crippen MR) is 112 cm³/mol. The summed E-state index contributed by atoms with van der Waals surface area (Å²) in [5.41, 5.74) is 4.16. The van der Waals surface area contributed by atoms with Crippen molar-refractivity contribution in [2.75, 3.05) is 24.6 Å². The van der Waals surface area contributed by atoms with Gasteiger partial charge in [-0.1, -0.05) is 29.8 Å². The molecule has 1 saturated heterocycles. The highest BCUT2D eigenvalue weighted by molar-refractivity contribution is 5.87. The Balaban J connectivity index is 1.44. The second-order valence-corrected chi connectivity index (χ2v) is 7.27. The summed E-state index contributed by atoms with van der Waals surface area (Å²) in [6.07, 6.45) is 6.23. The Kier molecular flexibility index (Phi) is 5.90. The van der Waals surface area contributed by atoms with E-state index in [2.05, 4.69) is 46.1 Å². The highest BCUT2D eigenvalue weighted by atomic mass is 16.5. The zero-order valence-electron chi connectivity index (χ0n) is 16.7. The fourth-order valence-corrected chi connectivity index (χ4v) is 3.35. The van der Waals surface area contributed by atoms with Gasteiger partial charge in [0.15, 0.2) is 0 Å². The Morgan fingerprint density at radius 2 is 1.97 bits per heavy atom. The van der Waals surface area contributed by atoms with Gasteiger partial charge in [-0.3, -0.25) is 9.97 Å². The van der Waals surface area contributed by atoms with Crippen LogP contribution >= 0.6 is 0 Å². The van der Waals surface area contributed by atoms with Crippen molar-refractivity contribution in [1.29, 1.82) is 0 Å². The average molecular weight is 405 g/mol. The van der Waals surface area contributed by atoms with Gasteiger partial charge < -0.3 is 19.5 Å². The van der Waals surface area contributed by atoms with E-state index in [1.807, 2.05) is 6.07 Å². The van der Waals surface area contributed by atoms with Gasteiger partial charge in [0.25, 0.3) is 0 Å². The largest absolute Gasteiger partial charge is 0.487 e. The van der Waals surface area contributed by atoms with Gasteiger partial charge in [0.1, 0.15) is 18.5 Å². The number of aromatic nitrogens is 2. The van der Waals surface area contributed by atoms with Crippen molar-refractivity contribution in [3.05, 3.63) is 83.4 Å². The molecule has 1 atom stereocenters. The zero-order valence-corrected chi connectivity index (χ0v) is 16.7. The molecule has 0 aliphatic carbocycles. The summed E-state index contributed by atoms with van der Waals surface area (Å²) in [7, 11) is 0. The molecule has 7 nitrogen and oxygen atoms in total. The van der Waals surface area contributed by atoms with E-state index in [1.165, 1.54) is 11.8 Å². The molecule has 3 heterocycles. The van der Waals surface area contributed by atoms with Crippen LogP contribution in [0.2, 0.25) is 0 Å². The van der Waals surface area contributed by atoms with Crippen LogP contribution in [0.25, 0.3) is 0 Å². The van der Waals surface area contributed by atoms with Crippen LogP contribution in [0.5, 0.6) is 5.75 Å². The van der Waals surface area contributed by atoms with Crippen LogP contribution in [0.3, 0.4) is 0 Å². The van der Waals surface area contributed by atoms with Crippen molar-refractivity contribution in [3.63, 3.8) is 0 Å². The van der Waals surface area contributed by atoms with Crippen LogP contribution in [0.15, 0.2) is 61.2 Å². The second-order valence-electron chi connectivity index (χ2n) is 7.27. The van der Waals surface area contributed by atoms with Crippen LogP contribution in [-0.4, -0.2) is 40.7 Å². The number of hydrogen-bond donors (Lipinski definition) is 1. The highest BCUT2D eigenvalue weighted by Crippen LogP contribution is 2.28. The molecule has 154 valence electrons. The van der Waals surface area contributed by atoms with E-state index in [-0.39, 0.29) is 11.7 Å². The van der Waals surface area contributed by atoms with Crippen LogP contribution in [0.4, 0.5) is 5.69 Å². The molecule has 1 N–H and O–H groups in total. The summed E-state index contributed by atoms with van der Waals surface area (Å²) in [4.78, 5) is 21.8. The summed E-state index contributed by atoms with van der Waals surface area (Å²) >= 11 is 0. The SMILES string of the molecule is Cc1ccc(COc2cncc(N3CCOC(c4cncc(C(=O)O)c4)C3)c2)cc1. The summed E-state index contributed by atoms with van der Waals surface area (Å²) < 4.78 is 11.8. The molecule has 30 heavy (non-hydrogen) atoms. The molecule has 1 unspecified atom stereocenters. The maximum absolute atomic E-state index is 11.2. The van der Waals surface area contributed by atoms with Crippen molar-refractivity contribution in [2.24, 2.45) is 0 Å². The van der Waals surface area contributed by atoms with E-state index in [0.717, 1.165) is 16.8 Å². The number of rotatable bonds is 6. The molecule has 0 amide bonds. The van der Waals surface area contributed by atoms with Gasteiger partial charge in [-0.2, -0.15) is 0 Å². The lowest BCUT2D eigenvalue weighted by Crippen LogP contribution is -2.38. The first kappa shape index (κ1) is 19.8. The number of carboxylic acid groups (broad SMARTS) is 1. The number of morpholine rings is 1. The third kappa shape index (κ3) is 4.75. The maximum atomic E-state index is 11.2. The fraction of sp³-hybridized carbons (Fsp3) is 0.261. The van der Waals surface area contributed by atoms with E-state index >= 15 is 0 Å². The van der Waals surface area contributed by atoms with Crippen molar-refractivity contribution in [2.45, 2.75) is 19.6 Å². The van der Waals surface area contributed by atoms with E-state index in [9.17, 15) is 9.90 Å². The summed E-state index contributed by atoms with van der Waals surface area (Å²) in [5.74, 6) is -0.301. The minimum Gasteiger partial charge on any atom is -0.487 e. The molecule has 4 rings (SSSR count). The molecule has 0 saturated carbocycles. The quantitative estimate of drug-likeness (QED) is 0.670. The van der Waals surface area contributed by atoms with E-state index in [4.69, 9.17) is 9.47 Å². The number of nitrogens with zero attached hydrogens (tertiary/aromatic N) is 3. The van der Waals surface area contributed by atoms with Crippen molar-refractivity contribution in [1.82, 2.24) is 9.97 Å². The number of aromatic carboxylic acids is 1. The number of carboxylic acids is 1. The molecular weight excluding hydrogens is 382 g/mol. The minimum absolute atomic E-state index is 0.154. The Bertz CT molecular complexity index is 1020. The number of benzene rings is 1. The molecule has 2 aromatic heterocycles. The number of pyridine rings is 2. The average Bonchev–Trinajstić information content (AvgIpc) is 2.79. The van der Waals surface area contributed by atoms with Gasteiger partial charge in [0.2, 0.25) is 0 Å². The van der Waals surface area contributed by atoms with E-state index in [1.54, 1.807) is 24.7 Å². The van der Waals surface area contributed by atoms with Gasteiger partial charge in [-0.25, -0.2) is 4.79 Å². The first-order valence-electron chi connectivity index (χ1n) is 9.77. The second kappa shape index (κ2) is 8.92. The summed E-state index contributed by atoms with van der Waals surface area (Å²) in [5, 5.41) is 9.20. The number of aryl methyl sites for hydroxylation is 1. The van der Waals surface area contributed by atoms with Crippen LogP contribution in [0.1, 0.15) is 33.2 Å². The van der Waals surface area contributed by atoms with E-state index in [0.29, 0.717) is 32.1 Å². The first-order chi connectivity index (χ1) is 14.6. The summed E-state index contributed by atoms with van der Waals surface area (Å²) in [6, 6.07) is 11.8.